The minimum Gasteiger partial charge on any atom is -0.478 e. The summed E-state index contributed by atoms with van der Waals surface area (Å²) in [5.74, 6) is -1.19. The van der Waals surface area contributed by atoms with Gasteiger partial charge in [0.1, 0.15) is 4.90 Å². The number of carboxylic acid groups (broad SMARTS) is 1. The molecule has 2 aromatic rings. The molecule has 8 heteroatoms. The number of rotatable bonds is 7. The molecule has 1 aliphatic heterocycles. The molecule has 26 heavy (non-hydrogen) atoms. The van der Waals surface area contributed by atoms with E-state index in [1.54, 1.807) is 30.3 Å². The summed E-state index contributed by atoms with van der Waals surface area (Å²) >= 11 is 0. The average Bonchev–Trinajstić information content (AvgIpc) is 3.13. The fourth-order valence-corrected chi connectivity index (χ4v) is 4.04. The number of hydrogen-bond donors (Lipinski definition) is 3. The van der Waals surface area contributed by atoms with Crippen molar-refractivity contribution in [2.24, 2.45) is 0 Å². The molecule has 3 rings (SSSR count). The van der Waals surface area contributed by atoms with Gasteiger partial charge in [-0.05, 0) is 43.2 Å². The van der Waals surface area contributed by atoms with Gasteiger partial charge in [0.25, 0.3) is 10.0 Å². The summed E-state index contributed by atoms with van der Waals surface area (Å²) in [5.41, 5.74) is 0.647. The van der Waals surface area contributed by atoms with Crippen LogP contribution in [0.15, 0.2) is 53.4 Å². The molecule has 0 bridgehead atoms. The Balaban J connectivity index is 1.90. The van der Waals surface area contributed by atoms with Crippen molar-refractivity contribution in [3.8, 4) is 0 Å². The zero-order chi connectivity index (χ0) is 18.6. The van der Waals surface area contributed by atoms with Gasteiger partial charge in [0.2, 0.25) is 0 Å². The third kappa shape index (κ3) is 4.33. The van der Waals surface area contributed by atoms with E-state index in [1.165, 1.54) is 12.1 Å². The number of carbonyl (C=O) groups is 1. The Morgan fingerprint density at radius 3 is 2.62 bits per heavy atom. The van der Waals surface area contributed by atoms with Gasteiger partial charge in [-0.2, -0.15) is 0 Å². The summed E-state index contributed by atoms with van der Waals surface area (Å²) in [6, 6.07) is 12.4. The van der Waals surface area contributed by atoms with E-state index in [0.29, 0.717) is 24.5 Å². The maximum Gasteiger partial charge on any atom is 0.335 e. The molecule has 7 nitrogen and oxygen atoms in total. The number of aromatic carboxylic acids is 1. The van der Waals surface area contributed by atoms with Crippen LogP contribution in [0.5, 0.6) is 0 Å². The van der Waals surface area contributed by atoms with E-state index < -0.39 is 16.0 Å². The second-order valence-corrected chi connectivity index (χ2v) is 7.65. The van der Waals surface area contributed by atoms with Gasteiger partial charge in [0.05, 0.1) is 17.4 Å². The van der Waals surface area contributed by atoms with Gasteiger partial charge in [-0.15, -0.1) is 0 Å². The molecule has 0 aliphatic carbocycles. The number of hydrogen-bond acceptors (Lipinski definition) is 5. The van der Waals surface area contributed by atoms with E-state index in [4.69, 9.17) is 4.74 Å². The number of para-hydroxylation sites is 1. The lowest BCUT2D eigenvalue weighted by molar-refractivity contribution is 0.0696. The molecule has 1 saturated heterocycles. The Kier molecular flexibility index (Phi) is 5.43. The van der Waals surface area contributed by atoms with Crippen LogP contribution in [0.3, 0.4) is 0 Å². The molecule has 3 N–H and O–H groups in total. The number of sulfonamides is 1. The second kappa shape index (κ2) is 7.76. The van der Waals surface area contributed by atoms with Crippen molar-refractivity contribution in [2.75, 3.05) is 23.2 Å². The van der Waals surface area contributed by atoms with E-state index >= 15 is 0 Å². The van der Waals surface area contributed by atoms with E-state index in [1.807, 2.05) is 0 Å². The predicted molar refractivity (Wildman–Crippen MR) is 98.1 cm³/mol. The van der Waals surface area contributed by atoms with E-state index in [2.05, 4.69) is 10.0 Å². The first-order chi connectivity index (χ1) is 12.5. The fraction of sp³-hybridized carbons (Fsp3) is 0.278. The molecule has 1 heterocycles. The van der Waals surface area contributed by atoms with Crippen LogP contribution in [0, 0.1) is 0 Å². The summed E-state index contributed by atoms with van der Waals surface area (Å²) in [4.78, 5) is 11.1. The lowest BCUT2D eigenvalue weighted by atomic mass is 10.2. The molecule has 0 saturated carbocycles. The number of carboxylic acids is 1. The topological polar surface area (TPSA) is 105 Å². The SMILES string of the molecule is O=C(O)c1ccc(NC[C@@H]2CCCO2)c(S(=O)(=O)Nc2ccccc2)c1. The fourth-order valence-electron chi connectivity index (χ4n) is 2.77. The zero-order valence-electron chi connectivity index (χ0n) is 14.0. The van der Waals surface area contributed by atoms with Crippen LogP contribution in [-0.4, -0.2) is 38.7 Å². The maximum absolute atomic E-state index is 12.8. The Morgan fingerprint density at radius 1 is 1.19 bits per heavy atom. The van der Waals surface area contributed by atoms with Gasteiger partial charge in [0.15, 0.2) is 0 Å². The Morgan fingerprint density at radius 2 is 1.96 bits per heavy atom. The molecule has 1 atom stereocenters. The third-order valence-electron chi connectivity index (χ3n) is 4.09. The predicted octanol–water partition coefficient (Wildman–Crippen LogP) is 2.78. The quantitative estimate of drug-likeness (QED) is 0.686. The second-order valence-electron chi connectivity index (χ2n) is 6.00. The number of anilines is 2. The van der Waals surface area contributed by atoms with Crippen LogP contribution < -0.4 is 10.0 Å². The van der Waals surface area contributed by atoms with E-state index in [0.717, 1.165) is 18.9 Å². The molecule has 1 fully saturated rings. The van der Waals surface area contributed by atoms with Gasteiger partial charge in [-0.1, -0.05) is 18.2 Å². The van der Waals surface area contributed by atoms with Crippen molar-refractivity contribution in [3.05, 3.63) is 54.1 Å². The van der Waals surface area contributed by atoms with Gasteiger partial charge in [-0.3, -0.25) is 4.72 Å². The highest BCUT2D eigenvalue weighted by Crippen LogP contribution is 2.26. The highest BCUT2D eigenvalue weighted by atomic mass is 32.2. The molecule has 2 aromatic carbocycles. The van der Waals surface area contributed by atoms with Gasteiger partial charge >= 0.3 is 5.97 Å². The van der Waals surface area contributed by atoms with Crippen molar-refractivity contribution >= 4 is 27.4 Å². The van der Waals surface area contributed by atoms with Gasteiger partial charge in [-0.25, -0.2) is 13.2 Å². The third-order valence-corrected chi connectivity index (χ3v) is 5.51. The first kappa shape index (κ1) is 18.2. The summed E-state index contributed by atoms with van der Waals surface area (Å²) in [7, 11) is -3.96. The standard InChI is InChI=1S/C18H20N2O5S/c21-18(22)13-8-9-16(19-12-15-7-4-10-25-15)17(11-13)26(23,24)20-14-5-2-1-3-6-14/h1-3,5-6,8-9,11,15,19-20H,4,7,10,12H2,(H,21,22)/t15-/m0/s1. The molecule has 0 unspecified atom stereocenters. The normalized spacial score (nSPS) is 17.0. The summed E-state index contributed by atoms with van der Waals surface area (Å²) in [6.07, 6.45) is 1.90. The summed E-state index contributed by atoms with van der Waals surface area (Å²) < 4.78 is 33.6. The van der Waals surface area contributed by atoms with Crippen molar-refractivity contribution in [1.82, 2.24) is 0 Å². The summed E-state index contributed by atoms with van der Waals surface area (Å²) in [6.45, 7) is 1.16. The van der Waals surface area contributed by atoms with Crippen LogP contribution in [0.1, 0.15) is 23.2 Å². The molecule has 0 radical (unpaired) electrons. The first-order valence-electron chi connectivity index (χ1n) is 8.26. The lowest BCUT2D eigenvalue weighted by Crippen LogP contribution is -2.21. The van der Waals surface area contributed by atoms with Crippen molar-refractivity contribution < 1.29 is 23.1 Å². The number of ether oxygens (including phenoxy) is 1. The Bertz CT molecular complexity index is 878. The highest BCUT2D eigenvalue weighted by molar-refractivity contribution is 7.92. The van der Waals surface area contributed by atoms with Crippen LogP contribution in [0.2, 0.25) is 0 Å². The average molecular weight is 376 g/mol. The minimum atomic E-state index is -3.96. The van der Waals surface area contributed by atoms with Crippen LogP contribution >= 0.6 is 0 Å². The highest BCUT2D eigenvalue weighted by Gasteiger charge is 2.22. The molecular formula is C18H20N2O5S. The number of benzene rings is 2. The summed E-state index contributed by atoms with van der Waals surface area (Å²) in [5, 5.41) is 12.3. The van der Waals surface area contributed by atoms with Gasteiger partial charge < -0.3 is 15.2 Å². The largest absolute Gasteiger partial charge is 0.478 e. The molecule has 0 spiro atoms. The molecule has 0 aromatic heterocycles. The van der Waals surface area contributed by atoms with E-state index in [-0.39, 0.29) is 16.6 Å². The maximum atomic E-state index is 12.8. The van der Waals surface area contributed by atoms with Crippen LogP contribution in [0.4, 0.5) is 11.4 Å². The van der Waals surface area contributed by atoms with Crippen LogP contribution in [-0.2, 0) is 14.8 Å². The van der Waals surface area contributed by atoms with Crippen molar-refractivity contribution in [3.63, 3.8) is 0 Å². The van der Waals surface area contributed by atoms with Crippen molar-refractivity contribution in [1.29, 1.82) is 0 Å². The molecule has 0 amide bonds. The zero-order valence-corrected chi connectivity index (χ0v) is 14.8. The van der Waals surface area contributed by atoms with E-state index in [9.17, 15) is 18.3 Å². The molecular weight excluding hydrogens is 356 g/mol. The molecule has 138 valence electrons. The monoisotopic (exact) mass is 376 g/mol. The number of nitrogens with one attached hydrogen (secondary N) is 2. The van der Waals surface area contributed by atoms with Crippen LogP contribution in [0.25, 0.3) is 0 Å². The smallest absolute Gasteiger partial charge is 0.335 e. The van der Waals surface area contributed by atoms with Gasteiger partial charge in [0, 0.05) is 18.8 Å². The van der Waals surface area contributed by atoms with Crippen molar-refractivity contribution in [2.45, 2.75) is 23.8 Å². The Hall–Kier alpha value is -2.58. The lowest BCUT2D eigenvalue weighted by Gasteiger charge is -2.17. The first-order valence-corrected chi connectivity index (χ1v) is 9.75. The Labute approximate surface area is 152 Å². The minimum absolute atomic E-state index is 0.0202. The molecule has 1 aliphatic rings.